The minimum atomic E-state index is -0.988. The summed E-state index contributed by atoms with van der Waals surface area (Å²) in [5, 5.41) is 14.4. The highest BCUT2D eigenvalue weighted by atomic mass is 16.4. The van der Waals surface area contributed by atoms with Crippen molar-refractivity contribution in [3.63, 3.8) is 0 Å². The molecule has 5 nitrogen and oxygen atoms in total. The minimum absolute atomic E-state index is 0.218. The van der Waals surface area contributed by atoms with Gasteiger partial charge in [-0.05, 0) is 30.1 Å². The van der Waals surface area contributed by atoms with Crippen molar-refractivity contribution in [2.24, 2.45) is 23.7 Å². The summed E-state index contributed by atoms with van der Waals surface area (Å²) in [7, 11) is 0. The van der Waals surface area contributed by atoms with E-state index in [1.807, 2.05) is 13.8 Å². The van der Waals surface area contributed by atoms with Crippen LogP contribution >= 0.6 is 0 Å². The molecule has 0 bridgehead atoms. The highest BCUT2D eigenvalue weighted by Crippen LogP contribution is 2.19. The van der Waals surface area contributed by atoms with Gasteiger partial charge in [-0.1, -0.05) is 41.5 Å². The van der Waals surface area contributed by atoms with Gasteiger partial charge in [-0.2, -0.15) is 0 Å². The van der Waals surface area contributed by atoms with Gasteiger partial charge in [0.25, 0.3) is 0 Å². The largest absolute Gasteiger partial charge is 0.480 e. The molecule has 5 heteroatoms. The summed E-state index contributed by atoms with van der Waals surface area (Å²) in [6.07, 6.45) is 0.431. The lowest BCUT2D eigenvalue weighted by atomic mass is 9.85. The Morgan fingerprint density at radius 3 is 1.85 bits per heavy atom. The summed E-state index contributed by atoms with van der Waals surface area (Å²) < 4.78 is 0. The van der Waals surface area contributed by atoms with E-state index in [9.17, 15) is 9.59 Å². The van der Waals surface area contributed by atoms with E-state index < -0.39 is 18.0 Å². The fourth-order valence-electron chi connectivity index (χ4n) is 2.35. The molecule has 0 fully saturated rings. The van der Waals surface area contributed by atoms with Gasteiger partial charge >= 0.3 is 12.0 Å². The van der Waals surface area contributed by atoms with E-state index in [-0.39, 0.29) is 5.92 Å². The number of urea groups is 1. The van der Waals surface area contributed by atoms with Crippen LogP contribution in [0.2, 0.25) is 0 Å². The van der Waals surface area contributed by atoms with Crippen molar-refractivity contribution in [3.05, 3.63) is 0 Å². The molecule has 0 aromatic rings. The maximum absolute atomic E-state index is 11.8. The molecule has 0 radical (unpaired) electrons. The Balaban J connectivity index is 4.35. The maximum Gasteiger partial charge on any atom is 0.326 e. The molecule has 0 spiro atoms. The zero-order valence-electron chi connectivity index (χ0n) is 13.6. The van der Waals surface area contributed by atoms with Gasteiger partial charge in [-0.3, -0.25) is 0 Å². The van der Waals surface area contributed by atoms with Gasteiger partial charge in [0.2, 0.25) is 0 Å². The normalized spacial score (nSPS) is 13.1. The second-order valence-electron chi connectivity index (χ2n) is 6.53. The molecular weight excluding hydrogens is 256 g/mol. The average molecular weight is 286 g/mol. The number of carbonyl (C=O) groups is 2. The molecule has 118 valence electrons. The Hall–Kier alpha value is -1.26. The van der Waals surface area contributed by atoms with E-state index in [1.54, 1.807) is 0 Å². The Kier molecular flexibility index (Phi) is 8.26. The standard InChI is InChI=1S/C15H30N2O3/c1-9(2)7-13(14(18)19)17-15(20)16-8-12(10(3)4)11(5)6/h9-13H,7-8H2,1-6H3,(H,18,19)(H2,16,17,20). The van der Waals surface area contributed by atoms with E-state index in [0.29, 0.717) is 30.7 Å². The second kappa shape index (κ2) is 8.82. The first-order valence-electron chi connectivity index (χ1n) is 7.42. The molecule has 0 aromatic carbocycles. The first kappa shape index (κ1) is 18.7. The van der Waals surface area contributed by atoms with E-state index in [1.165, 1.54) is 0 Å². The predicted octanol–water partition coefficient (Wildman–Crippen LogP) is 2.71. The van der Waals surface area contributed by atoms with E-state index >= 15 is 0 Å². The first-order valence-corrected chi connectivity index (χ1v) is 7.42. The Morgan fingerprint density at radius 2 is 1.50 bits per heavy atom. The van der Waals surface area contributed by atoms with Crippen molar-refractivity contribution in [3.8, 4) is 0 Å². The molecule has 0 saturated carbocycles. The summed E-state index contributed by atoms with van der Waals surface area (Å²) in [5.74, 6) is 0.560. The third kappa shape index (κ3) is 7.36. The summed E-state index contributed by atoms with van der Waals surface area (Å²) in [6.45, 7) is 12.9. The van der Waals surface area contributed by atoms with Gasteiger partial charge in [-0.25, -0.2) is 9.59 Å². The molecule has 3 N–H and O–H groups in total. The quantitative estimate of drug-likeness (QED) is 0.642. The lowest BCUT2D eigenvalue weighted by molar-refractivity contribution is -0.139. The van der Waals surface area contributed by atoms with Gasteiger partial charge < -0.3 is 15.7 Å². The number of rotatable bonds is 8. The molecule has 0 heterocycles. The SMILES string of the molecule is CC(C)CC(NC(=O)NCC(C(C)C)C(C)C)C(=O)O. The van der Waals surface area contributed by atoms with Gasteiger partial charge in [-0.15, -0.1) is 0 Å². The Bertz CT molecular complexity index is 306. The molecule has 0 aliphatic rings. The van der Waals surface area contributed by atoms with E-state index in [4.69, 9.17) is 5.11 Å². The highest BCUT2D eigenvalue weighted by molar-refractivity contribution is 5.82. The summed E-state index contributed by atoms with van der Waals surface area (Å²) in [6, 6.07) is -1.23. The minimum Gasteiger partial charge on any atom is -0.480 e. The van der Waals surface area contributed by atoms with Crippen molar-refractivity contribution in [1.82, 2.24) is 10.6 Å². The van der Waals surface area contributed by atoms with Crippen molar-refractivity contribution in [2.45, 2.75) is 54.0 Å². The number of carboxylic acids is 1. The molecule has 2 amide bonds. The number of hydrogen-bond acceptors (Lipinski definition) is 2. The fraction of sp³-hybridized carbons (Fsp3) is 0.867. The van der Waals surface area contributed by atoms with Crippen LogP contribution in [0.5, 0.6) is 0 Å². The Morgan fingerprint density at radius 1 is 1.00 bits per heavy atom. The van der Waals surface area contributed by atoms with Crippen LogP contribution in [0.3, 0.4) is 0 Å². The molecule has 0 aliphatic heterocycles. The molecule has 1 atom stereocenters. The topological polar surface area (TPSA) is 78.4 Å². The fourth-order valence-corrected chi connectivity index (χ4v) is 2.35. The molecule has 1 unspecified atom stereocenters. The third-order valence-corrected chi connectivity index (χ3v) is 3.52. The van der Waals surface area contributed by atoms with Crippen LogP contribution in [-0.4, -0.2) is 29.7 Å². The molecule has 0 aromatic heterocycles. The summed E-state index contributed by atoms with van der Waals surface area (Å²) in [4.78, 5) is 22.9. The van der Waals surface area contributed by atoms with Crippen LogP contribution in [0.1, 0.15) is 48.0 Å². The van der Waals surface area contributed by atoms with Crippen LogP contribution in [0.15, 0.2) is 0 Å². The number of carboxylic acid groups (broad SMARTS) is 1. The van der Waals surface area contributed by atoms with Crippen LogP contribution in [0, 0.1) is 23.7 Å². The first-order chi connectivity index (χ1) is 9.15. The van der Waals surface area contributed by atoms with E-state index in [2.05, 4.69) is 38.3 Å². The zero-order chi connectivity index (χ0) is 15.9. The third-order valence-electron chi connectivity index (χ3n) is 3.52. The second-order valence-corrected chi connectivity index (χ2v) is 6.53. The number of amides is 2. The van der Waals surface area contributed by atoms with Gasteiger partial charge in [0.15, 0.2) is 0 Å². The molecule has 0 saturated heterocycles. The van der Waals surface area contributed by atoms with Crippen LogP contribution in [0.25, 0.3) is 0 Å². The number of hydrogen-bond donors (Lipinski definition) is 3. The molecular formula is C15H30N2O3. The maximum atomic E-state index is 11.8. The van der Waals surface area contributed by atoms with Crippen molar-refractivity contribution >= 4 is 12.0 Å². The van der Waals surface area contributed by atoms with Crippen LogP contribution < -0.4 is 10.6 Å². The van der Waals surface area contributed by atoms with E-state index in [0.717, 1.165) is 0 Å². The van der Waals surface area contributed by atoms with Gasteiger partial charge in [0.05, 0.1) is 0 Å². The molecule has 20 heavy (non-hydrogen) atoms. The smallest absolute Gasteiger partial charge is 0.326 e. The van der Waals surface area contributed by atoms with Gasteiger partial charge in [0.1, 0.15) is 6.04 Å². The van der Waals surface area contributed by atoms with Crippen LogP contribution in [0.4, 0.5) is 4.79 Å². The lowest BCUT2D eigenvalue weighted by Crippen LogP contribution is -2.48. The number of carbonyl (C=O) groups excluding carboxylic acids is 1. The van der Waals surface area contributed by atoms with Crippen molar-refractivity contribution in [2.75, 3.05) is 6.54 Å². The van der Waals surface area contributed by atoms with Gasteiger partial charge in [0, 0.05) is 6.54 Å². The molecule has 0 rings (SSSR count). The Labute approximate surface area is 122 Å². The van der Waals surface area contributed by atoms with Crippen LogP contribution in [-0.2, 0) is 4.79 Å². The number of aliphatic carboxylic acids is 1. The van der Waals surface area contributed by atoms with Crippen molar-refractivity contribution in [1.29, 1.82) is 0 Å². The zero-order valence-corrected chi connectivity index (χ0v) is 13.6. The van der Waals surface area contributed by atoms with Crippen molar-refractivity contribution < 1.29 is 14.7 Å². The average Bonchev–Trinajstić information content (AvgIpc) is 2.26. The monoisotopic (exact) mass is 286 g/mol. The molecule has 0 aliphatic carbocycles. The summed E-state index contributed by atoms with van der Waals surface area (Å²) >= 11 is 0. The summed E-state index contributed by atoms with van der Waals surface area (Å²) in [5.41, 5.74) is 0. The lowest BCUT2D eigenvalue weighted by Gasteiger charge is -2.25. The highest BCUT2D eigenvalue weighted by Gasteiger charge is 2.22. The predicted molar refractivity (Wildman–Crippen MR) is 80.6 cm³/mol. The number of nitrogens with one attached hydrogen (secondary N) is 2.